The van der Waals surface area contributed by atoms with Crippen LogP contribution in [0.25, 0.3) is 0 Å². The lowest BCUT2D eigenvalue weighted by Gasteiger charge is -2.44. The summed E-state index contributed by atoms with van der Waals surface area (Å²) in [6, 6.07) is 9.49. The standard InChI is InChI=1S/C25H25FN4O6S2/c1-37(33,34)28-17-8-9-18-19(11-17)38(35,36)29-24(27-18)21-23(31)20-14-4-5-15(10-14)22(20)30(25(21)32)12-13-2-6-16(26)7-3-13/h2-3,6-9,11,14-15,20,22,28,31H,4-5,10,12H2,1H3,(H,27,29)/t14-,15?,20?,22?/m0/s1. The molecule has 2 fully saturated rings. The Labute approximate surface area is 219 Å². The van der Waals surface area contributed by atoms with Gasteiger partial charge in [-0.15, -0.1) is 4.40 Å². The molecule has 2 aromatic rings. The summed E-state index contributed by atoms with van der Waals surface area (Å²) in [5.41, 5.74) is 0.654. The van der Waals surface area contributed by atoms with Gasteiger partial charge in [-0.3, -0.25) is 9.52 Å². The lowest BCUT2D eigenvalue weighted by molar-refractivity contribution is -0.134. The minimum atomic E-state index is -4.35. The predicted molar refractivity (Wildman–Crippen MR) is 138 cm³/mol. The van der Waals surface area contributed by atoms with Gasteiger partial charge in [0.2, 0.25) is 10.0 Å². The van der Waals surface area contributed by atoms with E-state index in [4.69, 9.17) is 0 Å². The Morgan fingerprint density at radius 1 is 1.16 bits per heavy atom. The van der Waals surface area contributed by atoms with Gasteiger partial charge in [0, 0.05) is 24.2 Å². The molecule has 10 nitrogen and oxygen atoms in total. The van der Waals surface area contributed by atoms with Gasteiger partial charge in [-0.1, -0.05) is 12.1 Å². The zero-order valence-corrected chi connectivity index (χ0v) is 21.9. The van der Waals surface area contributed by atoms with Gasteiger partial charge < -0.3 is 15.3 Å². The number of aliphatic hydroxyl groups is 1. The molecule has 2 aromatic carbocycles. The number of sulfonamides is 2. The van der Waals surface area contributed by atoms with E-state index in [9.17, 15) is 31.1 Å². The summed E-state index contributed by atoms with van der Waals surface area (Å²) in [6.07, 6.45) is 3.64. The molecule has 4 aliphatic rings. The normalized spacial score (nSPS) is 27.5. The fraction of sp³-hybridized carbons (Fsp3) is 0.360. The summed E-state index contributed by atoms with van der Waals surface area (Å²) >= 11 is 0. The largest absolute Gasteiger partial charge is 0.511 e. The van der Waals surface area contributed by atoms with Crippen LogP contribution >= 0.6 is 0 Å². The Morgan fingerprint density at radius 3 is 2.58 bits per heavy atom. The third-order valence-corrected chi connectivity index (χ3v) is 9.73. The third-order valence-electron chi connectivity index (χ3n) is 7.81. The monoisotopic (exact) mass is 560 g/mol. The van der Waals surface area contributed by atoms with Crippen molar-refractivity contribution in [3.05, 3.63) is 65.2 Å². The van der Waals surface area contributed by atoms with Gasteiger partial charge in [-0.2, -0.15) is 8.42 Å². The third kappa shape index (κ3) is 4.13. The highest BCUT2D eigenvalue weighted by Crippen LogP contribution is 2.55. The molecule has 2 heterocycles. The molecule has 13 heteroatoms. The molecule has 0 radical (unpaired) electrons. The van der Waals surface area contributed by atoms with Crippen LogP contribution in [0.4, 0.5) is 15.8 Å². The van der Waals surface area contributed by atoms with Crippen molar-refractivity contribution in [2.24, 2.45) is 22.2 Å². The number of nitrogens with one attached hydrogen (secondary N) is 2. The van der Waals surface area contributed by atoms with Gasteiger partial charge in [0.25, 0.3) is 15.9 Å². The molecule has 0 saturated heterocycles. The number of amides is 1. The van der Waals surface area contributed by atoms with Crippen molar-refractivity contribution >= 4 is 43.2 Å². The molecule has 0 aromatic heterocycles. The first kappa shape index (κ1) is 24.9. The Hall–Kier alpha value is -3.45. The van der Waals surface area contributed by atoms with Crippen LogP contribution in [0.3, 0.4) is 0 Å². The number of nitrogens with zero attached hydrogens (tertiary/aromatic N) is 2. The first-order valence-corrected chi connectivity index (χ1v) is 15.5. The number of fused-ring (bicyclic) bond motifs is 6. The number of hydrogen-bond acceptors (Lipinski definition) is 7. The first-order valence-electron chi connectivity index (χ1n) is 12.1. The number of amidine groups is 1. The zero-order valence-electron chi connectivity index (χ0n) is 20.3. The second kappa shape index (κ2) is 8.53. The zero-order chi connectivity index (χ0) is 27.0. The number of anilines is 2. The van der Waals surface area contributed by atoms with Crippen molar-refractivity contribution in [2.75, 3.05) is 16.3 Å². The van der Waals surface area contributed by atoms with Crippen LogP contribution in [0.5, 0.6) is 0 Å². The Morgan fingerprint density at radius 2 is 1.87 bits per heavy atom. The molecule has 2 saturated carbocycles. The molecule has 2 bridgehead atoms. The van der Waals surface area contributed by atoms with Crippen LogP contribution in [-0.2, 0) is 31.4 Å². The van der Waals surface area contributed by atoms with Crippen LogP contribution in [-0.4, -0.2) is 50.9 Å². The fourth-order valence-electron chi connectivity index (χ4n) is 6.38. The van der Waals surface area contributed by atoms with Crippen LogP contribution in [0.1, 0.15) is 24.8 Å². The smallest absolute Gasteiger partial charge is 0.286 e. The van der Waals surface area contributed by atoms with Gasteiger partial charge in [-0.25, -0.2) is 12.8 Å². The Bertz CT molecular complexity index is 1640. The number of carbonyl (C=O) groups excluding carboxylic acids is 1. The van der Waals surface area contributed by atoms with Crippen LogP contribution in [0.2, 0.25) is 0 Å². The maximum atomic E-state index is 13.9. The van der Waals surface area contributed by atoms with Crippen LogP contribution in [0.15, 0.2) is 63.1 Å². The van der Waals surface area contributed by atoms with Crippen molar-refractivity contribution in [2.45, 2.75) is 36.7 Å². The van der Waals surface area contributed by atoms with E-state index in [1.807, 2.05) is 0 Å². The molecular weight excluding hydrogens is 535 g/mol. The highest BCUT2D eigenvalue weighted by Gasteiger charge is 2.57. The van der Waals surface area contributed by atoms with E-state index in [2.05, 4.69) is 14.4 Å². The number of hydrogen-bond donors (Lipinski definition) is 3. The van der Waals surface area contributed by atoms with Crippen molar-refractivity contribution in [3.63, 3.8) is 0 Å². The van der Waals surface area contributed by atoms with E-state index in [0.29, 0.717) is 5.56 Å². The van der Waals surface area contributed by atoms with Gasteiger partial charge in [-0.05, 0) is 67.0 Å². The number of rotatable bonds is 5. The second-order valence-electron chi connectivity index (χ2n) is 10.3. The molecule has 4 atom stereocenters. The van der Waals surface area contributed by atoms with Gasteiger partial charge in [0.1, 0.15) is 22.0 Å². The van der Waals surface area contributed by atoms with Gasteiger partial charge >= 0.3 is 0 Å². The molecule has 2 aliphatic heterocycles. The first-order chi connectivity index (χ1) is 17.9. The summed E-state index contributed by atoms with van der Waals surface area (Å²) in [5, 5.41) is 14.3. The fourth-order valence-corrected chi connectivity index (χ4v) is 8.08. The average molecular weight is 561 g/mol. The summed E-state index contributed by atoms with van der Waals surface area (Å²) in [5.74, 6) is -1.38. The minimum absolute atomic E-state index is 0.0429. The van der Waals surface area contributed by atoms with Crippen molar-refractivity contribution in [3.8, 4) is 0 Å². The molecule has 38 heavy (non-hydrogen) atoms. The van der Waals surface area contributed by atoms with E-state index in [0.717, 1.165) is 31.6 Å². The minimum Gasteiger partial charge on any atom is -0.511 e. The summed E-state index contributed by atoms with van der Waals surface area (Å²) in [6.45, 7) is 0.178. The summed E-state index contributed by atoms with van der Waals surface area (Å²) < 4.78 is 69.0. The maximum absolute atomic E-state index is 13.9. The summed E-state index contributed by atoms with van der Waals surface area (Å²) in [7, 11) is -7.99. The van der Waals surface area contributed by atoms with Crippen LogP contribution < -0.4 is 10.0 Å². The van der Waals surface area contributed by atoms with Gasteiger partial charge in [0.15, 0.2) is 5.84 Å². The molecule has 0 spiro atoms. The van der Waals surface area contributed by atoms with Crippen molar-refractivity contribution < 1.29 is 31.1 Å². The highest BCUT2D eigenvalue weighted by molar-refractivity contribution is 7.92. The Balaban J connectivity index is 1.41. The van der Waals surface area contributed by atoms with Crippen molar-refractivity contribution in [1.82, 2.24) is 4.90 Å². The molecule has 200 valence electrons. The van der Waals surface area contributed by atoms with E-state index in [-0.39, 0.29) is 63.8 Å². The van der Waals surface area contributed by atoms with E-state index in [1.54, 1.807) is 17.0 Å². The topological polar surface area (TPSA) is 145 Å². The molecule has 2 aliphatic carbocycles. The van der Waals surface area contributed by atoms with Crippen molar-refractivity contribution in [1.29, 1.82) is 0 Å². The number of carbonyl (C=O) groups is 1. The second-order valence-corrected chi connectivity index (χ2v) is 13.6. The Kier molecular flexibility index (Phi) is 5.58. The maximum Gasteiger partial charge on any atom is 0.286 e. The van der Waals surface area contributed by atoms with E-state index in [1.165, 1.54) is 24.3 Å². The molecular formula is C25H25FN4O6S2. The quantitative estimate of drug-likeness (QED) is 0.510. The lowest BCUT2D eigenvalue weighted by atomic mass is 9.77. The molecule has 3 N–H and O–H groups in total. The lowest BCUT2D eigenvalue weighted by Crippen LogP contribution is -2.53. The number of benzene rings is 2. The number of aliphatic hydroxyl groups excluding tert-OH is 1. The number of halogens is 1. The average Bonchev–Trinajstić information content (AvgIpc) is 3.45. The highest BCUT2D eigenvalue weighted by atomic mass is 32.2. The predicted octanol–water partition coefficient (Wildman–Crippen LogP) is 2.98. The SMILES string of the molecule is CS(=O)(=O)Nc1ccc2c(c1)S(=O)(=O)N=C(C1=C(O)C3C(C4CC[C@H]3C4)N(Cc3ccc(F)cc3)C1=O)N2. The van der Waals surface area contributed by atoms with Crippen LogP contribution in [0, 0.1) is 23.6 Å². The molecule has 6 rings (SSSR count). The van der Waals surface area contributed by atoms with Gasteiger partial charge in [0.05, 0.1) is 11.9 Å². The van der Waals surface area contributed by atoms with E-state index < -0.39 is 31.8 Å². The summed E-state index contributed by atoms with van der Waals surface area (Å²) in [4.78, 5) is 15.3. The molecule has 1 amide bonds. The van der Waals surface area contributed by atoms with E-state index >= 15 is 0 Å². The molecule has 3 unspecified atom stereocenters.